The van der Waals surface area contributed by atoms with Gasteiger partial charge in [-0.1, -0.05) is 78.9 Å². The highest BCUT2D eigenvalue weighted by molar-refractivity contribution is 5.95. The van der Waals surface area contributed by atoms with Crippen LogP contribution in [0.5, 0.6) is 0 Å². The molecule has 0 bridgehead atoms. The molecule has 11 nitrogen and oxygen atoms in total. The minimum absolute atomic E-state index is 0.00747. The van der Waals surface area contributed by atoms with Crippen LogP contribution in [0.2, 0.25) is 0 Å². The summed E-state index contributed by atoms with van der Waals surface area (Å²) >= 11 is 0. The van der Waals surface area contributed by atoms with Gasteiger partial charge < -0.3 is 35.2 Å². The number of benzene rings is 3. The number of para-hydroxylation sites is 1. The van der Waals surface area contributed by atoms with Crippen molar-refractivity contribution in [1.29, 1.82) is 0 Å². The van der Waals surface area contributed by atoms with Crippen LogP contribution in [0.15, 0.2) is 102 Å². The Kier molecular flexibility index (Phi) is 11.2. The Morgan fingerprint density at radius 2 is 1.54 bits per heavy atom. The molecule has 11 heteroatoms. The molecule has 5 aromatic rings. The summed E-state index contributed by atoms with van der Waals surface area (Å²) in [6.07, 6.45) is 4.41. The number of unbranched alkanes of at least 4 members (excludes halogenated alkanes) is 1. The highest BCUT2D eigenvalue weighted by atomic mass is 16.5. The Morgan fingerprint density at radius 3 is 2.28 bits per heavy atom. The van der Waals surface area contributed by atoms with Crippen molar-refractivity contribution in [2.24, 2.45) is 5.73 Å². The second-order valence-electron chi connectivity index (χ2n) is 10.8. The molecule has 0 saturated heterocycles. The van der Waals surface area contributed by atoms with Gasteiger partial charge in [0.25, 0.3) is 5.91 Å². The molecule has 0 aliphatic heterocycles. The SMILES string of the molecule is NC(Cc1c[nH]c2ccccc12)c1nc(C(=O)NC(CCCCNC(=O)OCc2ccccc2)C(=O)OCc2ccccc2)co1. The minimum atomic E-state index is -0.943. The van der Waals surface area contributed by atoms with E-state index in [4.69, 9.17) is 19.6 Å². The number of rotatable bonds is 15. The summed E-state index contributed by atoms with van der Waals surface area (Å²) in [5.74, 6) is -0.949. The van der Waals surface area contributed by atoms with Gasteiger partial charge in [0.2, 0.25) is 5.89 Å². The van der Waals surface area contributed by atoms with Crippen LogP contribution in [-0.2, 0) is 33.9 Å². The lowest BCUT2D eigenvalue weighted by atomic mass is 10.1. The predicted molar refractivity (Wildman–Crippen MR) is 171 cm³/mol. The lowest BCUT2D eigenvalue weighted by molar-refractivity contribution is -0.147. The summed E-state index contributed by atoms with van der Waals surface area (Å²) in [5, 5.41) is 6.50. The van der Waals surface area contributed by atoms with Crippen LogP contribution in [0.25, 0.3) is 10.9 Å². The second-order valence-corrected chi connectivity index (χ2v) is 10.8. The molecule has 2 heterocycles. The number of aromatic nitrogens is 2. The van der Waals surface area contributed by atoms with E-state index in [2.05, 4.69) is 20.6 Å². The zero-order valence-corrected chi connectivity index (χ0v) is 25.3. The first-order valence-electron chi connectivity index (χ1n) is 15.2. The van der Waals surface area contributed by atoms with Crippen molar-refractivity contribution in [1.82, 2.24) is 20.6 Å². The Labute approximate surface area is 266 Å². The second kappa shape index (κ2) is 16.1. The molecule has 0 spiro atoms. The quantitative estimate of drug-likeness (QED) is 0.0898. The van der Waals surface area contributed by atoms with Crippen LogP contribution >= 0.6 is 0 Å². The van der Waals surface area contributed by atoms with E-state index in [-0.39, 0.29) is 31.2 Å². The van der Waals surface area contributed by atoms with E-state index >= 15 is 0 Å². The summed E-state index contributed by atoms with van der Waals surface area (Å²) in [4.78, 5) is 45.8. The molecule has 238 valence electrons. The number of nitrogens with one attached hydrogen (secondary N) is 3. The molecule has 2 aromatic heterocycles. The number of hydrogen-bond donors (Lipinski definition) is 4. The topological polar surface area (TPSA) is 162 Å². The highest BCUT2D eigenvalue weighted by Crippen LogP contribution is 2.23. The highest BCUT2D eigenvalue weighted by Gasteiger charge is 2.25. The van der Waals surface area contributed by atoms with E-state index in [1.807, 2.05) is 91.1 Å². The van der Waals surface area contributed by atoms with Gasteiger partial charge in [-0.05, 0) is 48.4 Å². The van der Waals surface area contributed by atoms with E-state index in [1.165, 1.54) is 6.26 Å². The number of nitrogens with two attached hydrogens (primary N) is 1. The first-order valence-corrected chi connectivity index (χ1v) is 15.2. The molecule has 0 aliphatic carbocycles. The number of fused-ring (bicyclic) bond motifs is 1. The van der Waals surface area contributed by atoms with Crippen molar-refractivity contribution >= 4 is 28.9 Å². The number of ether oxygens (including phenoxy) is 2. The van der Waals surface area contributed by atoms with Gasteiger partial charge in [-0.25, -0.2) is 14.6 Å². The molecule has 2 atom stereocenters. The number of carbonyl (C=O) groups excluding carboxylic acids is 3. The first-order chi connectivity index (χ1) is 22.5. The normalized spacial score (nSPS) is 12.3. The maximum atomic E-state index is 13.2. The molecule has 2 unspecified atom stereocenters. The van der Waals surface area contributed by atoms with Crippen LogP contribution in [-0.4, -0.2) is 40.5 Å². The van der Waals surface area contributed by atoms with Crippen molar-refractivity contribution in [3.05, 3.63) is 126 Å². The lowest BCUT2D eigenvalue weighted by Gasteiger charge is -2.17. The molecule has 0 fully saturated rings. The van der Waals surface area contributed by atoms with E-state index < -0.39 is 30.1 Å². The molecule has 46 heavy (non-hydrogen) atoms. The Bertz CT molecular complexity index is 1720. The zero-order chi connectivity index (χ0) is 32.1. The van der Waals surface area contributed by atoms with Gasteiger partial charge in [0.1, 0.15) is 25.5 Å². The maximum Gasteiger partial charge on any atom is 0.407 e. The van der Waals surface area contributed by atoms with Crippen LogP contribution < -0.4 is 16.4 Å². The van der Waals surface area contributed by atoms with E-state index in [0.717, 1.165) is 27.6 Å². The van der Waals surface area contributed by atoms with Crippen LogP contribution in [0.4, 0.5) is 4.79 Å². The van der Waals surface area contributed by atoms with Gasteiger partial charge in [-0.2, -0.15) is 0 Å². The standard InChI is InChI=1S/C35H37N5O6/c36-28(19-26-20-38-29-16-8-7-15-27(26)29)33-40-31(23-44-33)32(41)39-30(34(42)45-21-24-11-3-1-4-12-24)17-9-10-18-37-35(43)46-22-25-13-5-2-6-14-25/h1-8,11-16,20,23,28,30,38H,9-10,17-19,21-22,36H2,(H,37,43)(H,39,41). The largest absolute Gasteiger partial charge is 0.459 e. The third-order valence-electron chi connectivity index (χ3n) is 7.40. The monoisotopic (exact) mass is 623 g/mol. The van der Waals surface area contributed by atoms with Crippen molar-refractivity contribution in [3.63, 3.8) is 0 Å². The Morgan fingerprint density at radius 1 is 0.870 bits per heavy atom. The molecule has 5 rings (SSSR count). The summed E-state index contributed by atoms with van der Waals surface area (Å²) < 4.78 is 16.3. The number of H-pyrrole nitrogens is 1. The third-order valence-corrected chi connectivity index (χ3v) is 7.40. The summed E-state index contributed by atoms with van der Waals surface area (Å²) in [7, 11) is 0. The predicted octanol–water partition coefficient (Wildman–Crippen LogP) is 5.34. The average molecular weight is 624 g/mol. The number of esters is 1. The zero-order valence-electron chi connectivity index (χ0n) is 25.3. The van der Waals surface area contributed by atoms with E-state index in [1.54, 1.807) is 0 Å². The van der Waals surface area contributed by atoms with Crippen LogP contribution in [0.1, 0.15) is 58.4 Å². The number of alkyl carbamates (subject to hydrolysis) is 1. The molecule has 5 N–H and O–H groups in total. The third kappa shape index (κ3) is 9.05. The van der Waals surface area contributed by atoms with Gasteiger partial charge in [0, 0.05) is 23.6 Å². The molecule has 0 aliphatic rings. The summed E-state index contributed by atoms with van der Waals surface area (Å²) in [6, 6.07) is 25.0. The van der Waals surface area contributed by atoms with Gasteiger partial charge >= 0.3 is 12.1 Å². The van der Waals surface area contributed by atoms with Crippen molar-refractivity contribution in [2.75, 3.05) is 6.54 Å². The van der Waals surface area contributed by atoms with Gasteiger partial charge in [-0.15, -0.1) is 0 Å². The van der Waals surface area contributed by atoms with Gasteiger partial charge in [-0.3, -0.25) is 4.79 Å². The fraction of sp³-hybridized carbons (Fsp3) is 0.257. The fourth-order valence-corrected chi connectivity index (χ4v) is 4.94. The van der Waals surface area contributed by atoms with Gasteiger partial charge in [0.05, 0.1) is 6.04 Å². The van der Waals surface area contributed by atoms with Gasteiger partial charge in [0.15, 0.2) is 5.69 Å². The molecule has 0 radical (unpaired) electrons. The number of carbonyl (C=O) groups is 3. The molecule has 0 saturated carbocycles. The number of amides is 2. The minimum Gasteiger partial charge on any atom is -0.459 e. The van der Waals surface area contributed by atoms with Crippen molar-refractivity contribution in [2.45, 2.75) is 51.0 Å². The first kappa shape index (κ1) is 32.0. The van der Waals surface area contributed by atoms with E-state index in [9.17, 15) is 14.4 Å². The van der Waals surface area contributed by atoms with Crippen molar-refractivity contribution < 1.29 is 28.3 Å². The van der Waals surface area contributed by atoms with Crippen LogP contribution in [0.3, 0.4) is 0 Å². The number of hydrogen-bond acceptors (Lipinski definition) is 8. The smallest absolute Gasteiger partial charge is 0.407 e. The maximum absolute atomic E-state index is 13.2. The molecular weight excluding hydrogens is 586 g/mol. The number of nitrogens with zero attached hydrogens (tertiary/aromatic N) is 1. The van der Waals surface area contributed by atoms with E-state index in [0.29, 0.717) is 25.8 Å². The fourth-order valence-electron chi connectivity index (χ4n) is 4.94. The average Bonchev–Trinajstić information content (AvgIpc) is 3.75. The summed E-state index contributed by atoms with van der Waals surface area (Å²) in [6.45, 7) is 0.581. The molecule has 2 amide bonds. The number of aromatic amines is 1. The van der Waals surface area contributed by atoms with Crippen LogP contribution in [0, 0.1) is 0 Å². The summed E-state index contributed by atoms with van der Waals surface area (Å²) in [5.41, 5.74) is 10.1. The molecular formula is C35H37N5O6. The van der Waals surface area contributed by atoms with Crippen molar-refractivity contribution in [3.8, 4) is 0 Å². The Balaban J connectivity index is 1.14. The number of oxazole rings is 1. The lowest BCUT2D eigenvalue weighted by Crippen LogP contribution is -2.42. The molecule has 3 aromatic carbocycles. The Hall–Kier alpha value is -5.42.